The molecular formula is C13H13NO4S. The fourth-order valence-electron chi connectivity index (χ4n) is 1.78. The van der Waals surface area contributed by atoms with E-state index in [0.717, 1.165) is 5.39 Å². The minimum absolute atomic E-state index is 0.0821. The maximum Gasteiger partial charge on any atom is 0.321 e. The zero-order chi connectivity index (χ0) is 14.0. The van der Waals surface area contributed by atoms with Crippen molar-refractivity contribution in [1.82, 2.24) is 4.72 Å². The summed E-state index contributed by atoms with van der Waals surface area (Å²) < 4.78 is 26.5. The lowest BCUT2D eigenvalue weighted by atomic mass is 10.1. The van der Waals surface area contributed by atoms with Gasteiger partial charge in [0.05, 0.1) is 4.90 Å². The molecule has 0 radical (unpaired) electrons. The van der Waals surface area contributed by atoms with Gasteiger partial charge in [0.25, 0.3) is 0 Å². The highest BCUT2D eigenvalue weighted by Crippen LogP contribution is 2.22. The van der Waals surface area contributed by atoms with Crippen LogP contribution in [0.4, 0.5) is 0 Å². The summed E-state index contributed by atoms with van der Waals surface area (Å²) in [6, 6.07) is 10.7. The van der Waals surface area contributed by atoms with E-state index in [1.807, 2.05) is 6.07 Å². The van der Waals surface area contributed by atoms with Gasteiger partial charge < -0.3 is 5.11 Å². The number of benzene rings is 2. The minimum atomic E-state index is -3.86. The van der Waals surface area contributed by atoms with Crippen molar-refractivity contribution in [2.75, 3.05) is 0 Å². The molecule has 100 valence electrons. The predicted molar refractivity (Wildman–Crippen MR) is 71.4 cm³/mol. The average molecular weight is 279 g/mol. The Bertz CT molecular complexity index is 719. The summed E-state index contributed by atoms with van der Waals surface area (Å²) in [6.07, 6.45) is 0. The number of rotatable bonds is 4. The number of nitrogens with one attached hydrogen (secondary N) is 1. The highest BCUT2D eigenvalue weighted by molar-refractivity contribution is 7.89. The summed E-state index contributed by atoms with van der Waals surface area (Å²) >= 11 is 0. The quantitative estimate of drug-likeness (QED) is 0.890. The molecule has 0 aliphatic rings. The molecule has 0 saturated carbocycles. The SMILES string of the molecule is C[C@@H](NS(=O)(=O)c1cccc2ccccc12)C(=O)O. The lowest BCUT2D eigenvalue weighted by molar-refractivity contribution is -0.138. The van der Waals surface area contributed by atoms with Gasteiger partial charge in [-0.15, -0.1) is 0 Å². The van der Waals surface area contributed by atoms with Gasteiger partial charge in [-0.25, -0.2) is 8.42 Å². The van der Waals surface area contributed by atoms with Gasteiger partial charge in [-0.1, -0.05) is 36.4 Å². The van der Waals surface area contributed by atoms with Crippen molar-refractivity contribution in [1.29, 1.82) is 0 Å². The molecule has 2 aromatic carbocycles. The zero-order valence-electron chi connectivity index (χ0n) is 10.2. The van der Waals surface area contributed by atoms with Crippen molar-refractivity contribution in [3.8, 4) is 0 Å². The molecule has 2 N–H and O–H groups in total. The van der Waals surface area contributed by atoms with Gasteiger partial charge in [-0.05, 0) is 18.4 Å². The maximum absolute atomic E-state index is 12.2. The molecule has 19 heavy (non-hydrogen) atoms. The highest BCUT2D eigenvalue weighted by Gasteiger charge is 2.22. The molecule has 0 amide bonds. The minimum Gasteiger partial charge on any atom is -0.480 e. The van der Waals surface area contributed by atoms with Crippen LogP contribution in [0.1, 0.15) is 6.92 Å². The van der Waals surface area contributed by atoms with Crippen LogP contribution >= 0.6 is 0 Å². The van der Waals surface area contributed by atoms with E-state index in [1.54, 1.807) is 30.3 Å². The van der Waals surface area contributed by atoms with Crippen LogP contribution in [0.3, 0.4) is 0 Å². The molecule has 0 bridgehead atoms. The Balaban J connectivity index is 2.52. The van der Waals surface area contributed by atoms with E-state index in [2.05, 4.69) is 4.72 Å². The second-order valence-electron chi connectivity index (χ2n) is 4.16. The Labute approximate surface area is 110 Å². The van der Waals surface area contributed by atoms with Gasteiger partial charge in [0.2, 0.25) is 10.0 Å². The molecule has 0 saturated heterocycles. The third-order valence-electron chi connectivity index (χ3n) is 2.74. The van der Waals surface area contributed by atoms with E-state index in [1.165, 1.54) is 13.0 Å². The summed E-state index contributed by atoms with van der Waals surface area (Å²) in [4.78, 5) is 10.8. The molecule has 5 nitrogen and oxygen atoms in total. The summed E-state index contributed by atoms with van der Waals surface area (Å²) in [5.74, 6) is -1.22. The van der Waals surface area contributed by atoms with Gasteiger partial charge >= 0.3 is 5.97 Å². The molecule has 0 unspecified atom stereocenters. The molecule has 0 aliphatic carbocycles. The molecule has 0 fully saturated rings. The summed E-state index contributed by atoms with van der Waals surface area (Å²) in [5.41, 5.74) is 0. The van der Waals surface area contributed by atoms with E-state index < -0.39 is 22.0 Å². The van der Waals surface area contributed by atoms with Crippen LogP contribution in [0.25, 0.3) is 10.8 Å². The van der Waals surface area contributed by atoms with E-state index in [-0.39, 0.29) is 4.90 Å². The molecule has 0 aliphatic heterocycles. The number of fused-ring (bicyclic) bond motifs is 1. The molecule has 0 heterocycles. The fraction of sp³-hybridized carbons (Fsp3) is 0.154. The number of aliphatic carboxylic acids is 1. The van der Waals surface area contributed by atoms with Crippen molar-refractivity contribution >= 4 is 26.8 Å². The van der Waals surface area contributed by atoms with E-state index in [0.29, 0.717) is 5.39 Å². The van der Waals surface area contributed by atoms with Crippen molar-refractivity contribution in [2.45, 2.75) is 17.9 Å². The summed E-state index contributed by atoms with van der Waals surface area (Å²) in [6.45, 7) is 1.28. The second kappa shape index (κ2) is 4.99. The smallest absolute Gasteiger partial charge is 0.321 e. The fourth-order valence-corrected chi connectivity index (χ4v) is 3.20. The van der Waals surface area contributed by atoms with Gasteiger partial charge in [0.15, 0.2) is 0 Å². The lowest BCUT2D eigenvalue weighted by Gasteiger charge is -2.12. The van der Waals surface area contributed by atoms with E-state index >= 15 is 0 Å². The van der Waals surface area contributed by atoms with Crippen molar-refractivity contribution in [3.05, 3.63) is 42.5 Å². The van der Waals surface area contributed by atoms with Crippen LogP contribution < -0.4 is 4.72 Å². The molecule has 0 aromatic heterocycles. The normalized spacial score (nSPS) is 13.3. The first kappa shape index (κ1) is 13.5. The molecule has 2 rings (SSSR count). The van der Waals surface area contributed by atoms with Gasteiger partial charge in [-0.3, -0.25) is 4.79 Å². The number of carboxylic acid groups (broad SMARTS) is 1. The average Bonchev–Trinajstić information content (AvgIpc) is 2.37. The monoisotopic (exact) mass is 279 g/mol. The Morgan fingerprint density at radius 2 is 1.79 bits per heavy atom. The number of carbonyl (C=O) groups is 1. The molecular weight excluding hydrogens is 266 g/mol. The first-order chi connectivity index (χ1) is 8.92. The number of sulfonamides is 1. The van der Waals surface area contributed by atoms with Crippen molar-refractivity contribution in [3.63, 3.8) is 0 Å². The first-order valence-corrected chi connectivity index (χ1v) is 7.13. The third kappa shape index (κ3) is 2.74. The van der Waals surface area contributed by atoms with Crippen LogP contribution in [0.2, 0.25) is 0 Å². The topological polar surface area (TPSA) is 83.5 Å². The third-order valence-corrected chi connectivity index (χ3v) is 4.34. The second-order valence-corrected chi connectivity index (χ2v) is 5.84. The predicted octanol–water partition coefficient (Wildman–Crippen LogP) is 1.59. The van der Waals surface area contributed by atoms with Crippen LogP contribution in [-0.4, -0.2) is 25.5 Å². The summed E-state index contributed by atoms with van der Waals surface area (Å²) in [7, 11) is -3.86. The molecule has 2 aromatic rings. The Morgan fingerprint density at radius 3 is 2.47 bits per heavy atom. The van der Waals surface area contributed by atoms with Crippen LogP contribution in [-0.2, 0) is 14.8 Å². The van der Waals surface area contributed by atoms with E-state index in [9.17, 15) is 13.2 Å². The van der Waals surface area contributed by atoms with Crippen molar-refractivity contribution < 1.29 is 18.3 Å². The Hall–Kier alpha value is -1.92. The van der Waals surface area contributed by atoms with E-state index in [4.69, 9.17) is 5.11 Å². The number of hydrogen-bond acceptors (Lipinski definition) is 3. The lowest BCUT2D eigenvalue weighted by Crippen LogP contribution is -2.38. The number of hydrogen-bond donors (Lipinski definition) is 2. The van der Waals surface area contributed by atoms with Crippen LogP contribution in [0.5, 0.6) is 0 Å². The standard InChI is InChI=1S/C13H13NO4S/c1-9(13(15)16)14-19(17,18)12-8-4-6-10-5-2-3-7-11(10)12/h2-9,14H,1H3,(H,15,16)/t9-/m1/s1. The summed E-state index contributed by atoms with van der Waals surface area (Å²) in [5, 5.41) is 10.1. The number of carboxylic acids is 1. The Kier molecular flexibility index (Phi) is 3.55. The molecule has 1 atom stereocenters. The van der Waals surface area contributed by atoms with Crippen LogP contribution in [0.15, 0.2) is 47.4 Å². The first-order valence-electron chi connectivity index (χ1n) is 5.65. The van der Waals surface area contributed by atoms with Gasteiger partial charge in [-0.2, -0.15) is 4.72 Å². The molecule has 6 heteroatoms. The van der Waals surface area contributed by atoms with Crippen molar-refractivity contribution in [2.24, 2.45) is 0 Å². The highest BCUT2D eigenvalue weighted by atomic mass is 32.2. The van der Waals surface area contributed by atoms with Gasteiger partial charge in [0.1, 0.15) is 6.04 Å². The maximum atomic E-state index is 12.2. The molecule has 0 spiro atoms. The zero-order valence-corrected chi connectivity index (χ0v) is 11.0. The Morgan fingerprint density at radius 1 is 1.16 bits per heavy atom. The van der Waals surface area contributed by atoms with Crippen LogP contribution in [0, 0.1) is 0 Å². The van der Waals surface area contributed by atoms with Gasteiger partial charge in [0, 0.05) is 5.39 Å². The largest absolute Gasteiger partial charge is 0.480 e.